The molecule has 0 aliphatic carbocycles. The van der Waals surface area contributed by atoms with E-state index in [4.69, 9.17) is 4.42 Å². The molecule has 0 saturated carbocycles. The SMILES string of the molecule is Cc1ccc(Nc2ncnc3c2oc2ccccc23)cc1S(=O)(=O)N(C)C. The number of aryl methyl sites for hydroxylation is 1. The summed E-state index contributed by atoms with van der Waals surface area (Å²) in [5.41, 5.74) is 3.22. The van der Waals surface area contributed by atoms with Crippen LogP contribution >= 0.6 is 0 Å². The number of nitrogens with zero attached hydrogens (tertiary/aromatic N) is 3. The quantitative estimate of drug-likeness (QED) is 0.579. The van der Waals surface area contributed by atoms with Crippen molar-refractivity contribution in [1.29, 1.82) is 0 Å². The molecule has 0 aliphatic rings. The smallest absolute Gasteiger partial charge is 0.242 e. The second-order valence-corrected chi connectivity index (χ2v) is 8.51. The summed E-state index contributed by atoms with van der Waals surface area (Å²) in [6.45, 7) is 1.77. The standard InChI is InChI=1S/C19H18N4O3S/c1-12-8-9-13(10-16(12)27(24,25)23(2)3)22-19-18-17(20-11-21-19)14-6-4-5-7-15(14)26-18/h4-11H,1-3H3,(H,20,21,22). The van der Waals surface area contributed by atoms with Crippen molar-refractivity contribution >= 4 is 43.6 Å². The van der Waals surface area contributed by atoms with Crippen molar-refractivity contribution in [2.75, 3.05) is 19.4 Å². The van der Waals surface area contributed by atoms with E-state index in [-0.39, 0.29) is 4.90 Å². The minimum Gasteiger partial charge on any atom is -0.450 e. The Kier molecular flexibility index (Phi) is 4.09. The second-order valence-electron chi connectivity index (χ2n) is 6.39. The first-order chi connectivity index (χ1) is 12.9. The van der Waals surface area contributed by atoms with Crippen molar-refractivity contribution in [3.63, 3.8) is 0 Å². The summed E-state index contributed by atoms with van der Waals surface area (Å²) in [6, 6.07) is 12.8. The Morgan fingerprint density at radius 3 is 2.63 bits per heavy atom. The zero-order chi connectivity index (χ0) is 19.2. The van der Waals surface area contributed by atoms with E-state index in [0.717, 1.165) is 11.0 Å². The number of anilines is 2. The lowest BCUT2D eigenvalue weighted by Gasteiger charge is -2.15. The van der Waals surface area contributed by atoms with E-state index in [1.54, 1.807) is 25.1 Å². The zero-order valence-corrected chi connectivity index (χ0v) is 15.9. The van der Waals surface area contributed by atoms with Gasteiger partial charge in [0.05, 0.1) is 4.90 Å². The van der Waals surface area contributed by atoms with Gasteiger partial charge in [-0.25, -0.2) is 22.7 Å². The highest BCUT2D eigenvalue weighted by Crippen LogP contribution is 2.32. The third kappa shape index (κ3) is 2.92. The molecule has 0 atom stereocenters. The normalized spacial score (nSPS) is 12.1. The van der Waals surface area contributed by atoms with Crippen LogP contribution in [0.1, 0.15) is 5.56 Å². The lowest BCUT2D eigenvalue weighted by molar-refractivity contribution is 0.520. The molecular weight excluding hydrogens is 364 g/mol. The van der Waals surface area contributed by atoms with Crippen molar-refractivity contribution < 1.29 is 12.8 Å². The van der Waals surface area contributed by atoms with Gasteiger partial charge in [0.15, 0.2) is 11.4 Å². The van der Waals surface area contributed by atoms with Crippen molar-refractivity contribution in [3.05, 3.63) is 54.4 Å². The molecule has 1 N–H and O–H groups in total. The zero-order valence-electron chi connectivity index (χ0n) is 15.1. The predicted molar refractivity (Wildman–Crippen MR) is 105 cm³/mol. The molecule has 4 rings (SSSR count). The minimum atomic E-state index is -3.55. The Balaban J connectivity index is 1.81. The molecule has 0 fully saturated rings. The molecule has 138 valence electrons. The van der Waals surface area contributed by atoms with Gasteiger partial charge in [-0.3, -0.25) is 0 Å². The Morgan fingerprint density at radius 1 is 1.07 bits per heavy atom. The van der Waals surface area contributed by atoms with Gasteiger partial charge in [0.25, 0.3) is 0 Å². The first-order valence-electron chi connectivity index (χ1n) is 8.30. The molecule has 7 nitrogen and oxygen atoms in total. The summed E-state index contributed by atoms with van der Waals surface area (Å²) < 4.78 is 32.2. The number of nitrogens with one attached hydrogen (secondary N) is 1. The topological polar surface area (TPSA) is 88.3 Å². The number of benzene rings is 2. The fraction of sp³-hybridized carbons (Fsp3) is 0.158. The highest BCUT2D eigenvalue weighted by Gasteiger charge is 2.20. The van der Waals surface area contributed by atoms with Crippen LogP contribution in [0.15, 0.2) is 58.1 Å². The summed E-state index contributed by atoms with van der Waals surface area (Å²) in [5, 5.41) is 4.06. The van der Waals surface area contributed by atoms with Crippen LogP contribution in [0.5, 0.6) is 0 Å². The van der Waals surface area contributed by atoms with Crippen LogP contribution in [0.2, 0.25) is 0 Å². The summed E-state index contributed by atoms with van der Waals surface area (Å²) >= 11 is 0. The van der Waals surface area contributed by atoms with Gasteiger partial charge in [-0.2, -0.15) is 0 Å². The number of para-hydroxylation sites is 1. The van der Waals surface area contributed by atoms with Crippen LogP contribution in [0.25, 0.3) is 22.1 Å². The Hall–Kier alpha value is -2.97. The number of hydrogen-bond acceptors (Lipinski definition) is 6. The third-order valence-corrected chi connectivity index (χ3v) is 6.32. The summed E-state index contributed by atoms with van der Waals surface area (Å²) in [4.78, 5) is 8.83. The Morgan fingerprint density at radius 2 is 1.85 bits per heavy atom. The number of hydrogen-bond donors (Lipinski definition) is 1. The maximum atomic E-state index is 12.5. The van der Waals surface area contributed by atoms with Crippen LogP contribution in [0.4, 0.5) is 11.5 Å². The molecular formula is C19H18N4O3S. The average Bonchev–Trinajstić information content (AvgIpc) is 3.03. The third-order valence-electron chi connectivity index (χ3n) is 4.37. The van der Waals surface area contributed by atoms with Gasteiger partial charge in [-0.15, -0.1) is 0 Å². The molecule has 4 aromatic rings. The summed E-state index contributed by atoms with van der Waals surface area (Å²) in [7, 11) is -0.526. The molecule has 27 heavy (non-hydrogen) atoms. The van der Waals surface area contributed by atoms with Crippen molar-refractivity contribution in [2.45, 2.75) is 11.8 Å². The van der Waals surface area contributed by atoms with E-state index in [2.05, 4.69) is 15.3 Å². The van der Waals surface area contributed by atoms with Gasteiger partial charge in [-0.05, 0) is 36.8 Å². The van der Waals surface area contributed by atoms with Gasteiger partial charge < -0.3 is 9.73 Å². The minimum absolute atomic E-state index is 0.243. The molecule has 0 unspecified atom stereocenters. The van der Waals surface area contributed by atoms with Crippen LogP contribution < -0.4 is 5.32 Å². The first-order valence-corrected chi connectivity index (χ1v) is 9.74. The molecule has 2 aromatic carbocycles. The van der Waals surface area contributed by atoms with E-state index >= 15 is 0 Å². The Labute approximate surface area is 156 Å². The second kappa shape index (κ2) is 6.33. The maximum absolute atomic E-state index is 12.5. The fourth-order valence-corrected chi connectivity index (χ4v) is 4.05. The Bertz CT molecular complexity index is 1260. The molecule has 0 spiro atoms. The predicted octanol–water partition coefficient (Wildman–Crippen LogP) is 3.68. The lowest BCUT2D eigenvalue weighted by atomic mass is 10.2. The highest BCUT2D eigenvalue weighted by atomic mass is 32.2. The molecule has 0 amide bonds. The van der Waals surface area contributed by atoms with Gasteiger partial charge in [0.2, 0.25) is 10.0 Å². The van der Waals surface area contributed by atoms with Gasteiger partial charge in [0, 0.05) is 25.2 Å². The van der Waals surface area contributed by atoms with E-state index in [0.29, 0.717) is 28.2 Å². The van der Waals surface area contributed by atoms with Gasteiger partial charge in [-0.1, -0.05) is 18.2 Å². The average molecular weight is 382 g/mol. The molecule has 2 aromatic heterocycles. The van der Waals surface area contributed by atoms with Crippen LogP contribution in [0.3, 0.4) is 0 Å². The van der Waals surface area contributed by atoms with Crippen molar-refractivity contribution in [3.8, 4) is 0 Å². The van der Waals surface area contributed by atoms with Crippen LogP contribution in [-0.4, -0.2) is 36.8 Å². The summed E-state index contributed by atoms with van der Waals surface area (Å²) in [6.07, 6.45) is 1.46. The van der Waals surface area contributed by atoms with E-state index in [1.165, 1.54) is 24.7 Å². The molecule has 0 aliphatic heterocycles. The number of fused-ring (bicyclic) bond motifs is 3. The summed E-state index contributed by atoms with van der Waals surface area (Å²) in [5.74, 6) is 0.480. The monoisotopic (exact) mass is 382 g/mol. The highest BCUT2D eigenvalue weighted by molar-refractivity contribution is 7.89. The molecule has 0 saturated heterocycles. The molecule has 0 bridgehead atoms. The number of sulfonamides is 1. The first kappa shape index (κ1) is 17.4. The molecule has 0 radical (unpaired) electrons. The van der Waals surface area contributed by atoms with E-state index in [1.807, 2.05) is 24.3 Å². The lowest BCUT2D eigenvalue weighted by Crippen LogP contribution is -2.23. The number of rotatable bonds is 4. The van der Waals surface area contributed by atoms with Crippen molar-refractivity contribution in [1.82, 2.24) is 14.3 Å². The fourth-order valence-electron chi connectivity index (χ4n) is 2.90. The maximum Gasteiger partial charge on any atom is 0.242 e. The van der Waals surface area contributed by atoms with E-state index < -0.39 is 10.0 Å². The van der Waals surface area contributed by atoms with Crippen molar-refractivity contribution in [2.24, 2.45) is 0 Å². The largest absolute Gasteiger partial charge is 0.450 e. The molecule has 2 heterocycles. The number of furan rings is 1. The van der Waals surface area contributed by atoms with Gasteiger partial charge in [0.1, 0.15) is 17.4 Å². The van der Waals surface area contributed by atoms with E-state index in [9.17, 15) is 8.42 Å². The van der Waals surface area contributed by atoms with Gasteiger partial charge >= 0.3 is 0 Å². The number of aromatic nitrogens is 2. The van der Waals surface area contributed by atoms with Crippen LogP contribution in [-0.2, 0) is 10.0 Å². The van der Waals surface area contributed by atoms with Crippen LogP contribution in [0, 0.1) is 6.92 Å². The molecule has 8 heteroatoms.